The number of amidine groups is 1. The van der Waals surface area contributed by atoms with Gasteiger partial charge in [-0.1, -0.05) is 53.7 Å². The summed E-state index contributed by atoms with van der Waals surface area (Å²) in [5, 5.41) is 12.6. The maximum absolute atomic E-state index is 8.59. The highest BCUT2D eigenvalue weighted by Gasteiger charge is 2.05. The van der Waals surface area contributed by atoms with Crippen LogP contribution in [0.15, 0.2) is 53.5 Å². The molecule has 22 heavy (non-hydrogen) atoms. The zero-order chi connectivity index (χ0) is 15.8. The zero-order valence-electron chi connectivity index (χ0n) is 11.9. The number of nitriles is 1. The molecule has 0 heterocycles. The summed E-state index contributed by atoms with van der Waals surface area (Å²) in [5.74, 6) is 0.610. The molecule has 0 radical (unpaired) electrons. The van der Waals surface area contributed by atoms with Gasteiger partial charge in [0.25, 0.3) is 0 Å². The Hall–Kier alpha value is -2.16. The molecule has 6 heteroatoms. The van der Waals surface area contributed by atoms with Crippen LogP contribution in [-0.4, -0.2) is 11.4 Å². The van der Waals surface area contributed by atoms with Crippen molar-refractivity contribution in [3.63, 3.8) is 0 Å². The second-order valence-electron chi connectivity index (χ2n) is 4.27. The summed E-state index contributed by atoms with van der Waals surface area (Å²) in [4.78, 5) is 3.67. The van der Waals surface area contributed by atoms with Crippen LogP contribution in [0, 0.1) is 11.5 Å². The molecule has 0 aliphatic carbocycles. The van der Waals surface area contributed by atoms with Crippen molar-refractivity contribution in [2.45, 2.75) is 6.61 Å². The highest BCUT2D eigenvalue weighted by Crippen LogP contribution is 2.28. The minimum Gasteiger partial charge on any atom is -0.487 e. The van der Waals surface area contributed by atoms with E-state index in [-0.39, 0.29) is 0 Å². The van der Waals surface area contributed by atoms with Gasteiger partial charge in [-0.15, -0.1) is 4.99 Å². The van der Waals surface area contributed by atoms with Crippen molar-refractivity contribution in [1.82, 2.24) is 0 Å². The molecule has 0 spiro atoms. The highest BCUT2D eigenvalue weighted by atomic mass is 35.5. The minimum absolute atomic E-state index is 0.458. The van der Waals surface area contributed by atoms with Gasteiger partial charge in [0, 0.05) is 5.69 Å². The molecule has 0 saturated carbocycles. The lowest BCUT2D eigenvalue weighted by atomic mass is 10.2. The van der Waals surface area contributed by atoms with Crippen molar-refractivity contribution in [2.24, 2.45) is 4.99 Å². The van der Waals surface area contributed by atoms with Gasteiger partial charge in [0.05, 0.1) is 5.02 Å². The van der Waals surface area contributed by atoms with Crippen LogP contribution in [-0.2, 0) is 6.61 Å². The van der Waals surface area contributed by atoms with Crippen LogP contribution in [0.2, 0.25) is 5.02 Å². The lowest BCUT2D eigenvalue weighted by Crippen LogP contribution is -2.06. The summed E-state index contributed by atoms with van der Waals surface area (Å²) in [7, 11) is 0. The highest BCUT2D eigenvalue weighted by molar-refractivity contribution is 8.13. The van der Waals surface area contributed by atoms with E-state index in [2.05, 4.69) is 10.3 Å². The topological polar surface area (TPSA) is 57.4 Å². The Morgan fingerprint density at radius 3 is 2.73 bits per heavy atom. The molecule has 0 aliphatic heterocycles. The first-order valence-electron chi connectivity index (χ1n) is 6.47. The molecule has 0 bridgehead atoms. The third kappa shape index (κ3) is 4.69. The number of thioether (sulfide) groups is 1. The molecule has 0 amide bonds. The lowest BCUT2D eigenvalue weighted by Gasteiger charge is -2.11. The van der Waals surface area contributed by atoms with E-state index in [0.29, 0.717) is 22.5 Å². The standard InChI is InChI=1S/C16H14ClN3OS/c1-22-16(19-11-18)20-13-7-8-15(14(17)9-13)21-10-12-5-3-2-4-6-12/h2-9H,10H2,1H3,(H,19,20). The van der Waals surface area contributed by atoms with Crippen LogP contribution in [0.5, 0.6) is 5.75 Å². The van der Waals surface area contributed by atoms with Crippen LogP contribution in [0.25, 0.3) is 0 Å². The van der Waals surface area contributed by atoms with Crippen molar-refractivity contribution >= 4 is 34.2 Å². The molecular weight excluding hydrogens is 318 g/mol. The van der Waals surface area contributed by atoms with Crippen molar-refractivity contribution in [3.8, 4) is 11.9 Å². The van der Waals surface area contributed by atoms with E-state index < -0.39 is 0 Å². The van der Waals surface area contributed by atoms with Gasteiger partial charge < -0.3 is 10.1 Å². The van der Waals surface area contributed by atoms with Gasteiger partial charge in [-0.3, -0.25) is 0 Å². The second-order valence-corrected chi connectivity index (χ2v) is 5.47. The van der Waals surface area contributed by atoms with E-state index in [1.807, 2.05) is 42.7 Å². The number of hydrogen-bond donors (Lipinski definition) is 1. The van der Waals surface area contributed by atoms with Crippen molar-refractivity contribution < 1.29 is 4.74 Å². The molecule has 0 aromatic heterocycles. The number of hydrogen-bond acceptors (Lipinski definition) is 4. The van der Waals surface area contributed by atoms with Crippen molar-refractivity contribution in [1.29, 1.82) is 5.26 Å². The van der Waals surface area contributed by atoms with E-state index >= 15 is 0 Å². The van der Waals surface area contributed by atoms with Gasteiger partial charge in [0.15, 0.2) is 5.17 Å². The van der Waals surface area contributed by atoms with E-state index in [0.717, 1.165) is 11.3 Å². The van der Waals surface area contributed by atoms with Gasteiger partial charge in [0.1, 0.15) is 12.4 Å². The number of anilines is 1. The Morgan fingerprint density at radius 2 is 2.09 bits per heavy atom. The molecule has 0 atom stereocenters. The largest absolute Gasteiger partial charge is 0.487 e. The summed E-state index contributed by atoms with van der Waals surface area (Å²) < 4.78 is 5.71. The van der Waals surface area contributed by atoms with Gasteiger partial charge in [-0.25, -0.2) is 0 Å². The van der Waals surface area contributed by atoms with Crippen molar-refractivity contribution in [3.05, 3.63) is 59.1 Å². The van der Waals surface area contributed by atoms with Crippen LogP contribution >= 0.6 is 23.4 Å². The molecule has 0 unspecified atom stereocenters. The molecule has 2 rings (SSSR count). The second kappa shape index (κ2) is 8.32. The monoisotopic (exact) mass is 331 g/mol. The Balaban J connectivity index is 2.03. The Morgan fingerprint density at radius 1 is 1.32 bits per heavy atom. The van der Waals surface area contributed by atoms with Crippen molar-refractivity contribution in [2.75, 3.05) is 11.6 Å². The van der Waals surface area contributed by atoms with E-state index in [1.54, 1.807) is 18.3 Å². The number of aliphatic imine (C=N–C) groups is 1. The number of benzene rings is 2. The molecule has 0 aliphatic rings. The normalized spacial score (nSPS) is 10.9. The molecule has 1 N–H and O–H groups in total. The fourth-order valence-electron chi connectivity index (χ4n) is 1.72. The van der Waals surface area contributed by atoms with E-state index in [9.17, 15) is 0 Å². The smallest absolute Gasteiger partial charge is 0.208 e. The molecule has 112 valence electrons. The molecule has 0 saturated heterocycles. The fraction of sp³-hybridized carbons (Fsp3) is 0.125. The quantitative estimate of drug-likeness (QED) is 0.508. The third-order valence-corrected chi connectivity index (χ3v) is 3.64. The number of ether oxygens (including phenoxy) is 1. The molecule has 4 nitrogen and oxygen atoms in total. The average Bonchev–Trinajstić information content (AvgIpc) is 2.54. The van der Waals surface area contributed by atoms with Gasteiger partial charge in [-0.2, -0.15) is 5.26 Å². The minimum atomic E-state index is 0.458. The summed E-state index contributed by atoms with van der Waals surface area (Å²) in [5.41, 5.74) is 1.83. The van der Waals surface area contributed by atoms with Gasteiger partial charge in [0.2, 0.25) is 6.19 Å². The maximum atomic E-state index is 8.59. The number of rotatable bonds is 4. The average molecular weight is 332 g/mol. The molecule has 0 fully saturated rings. The predicted octanol–water partition coefficient (Wildman–Crippen LogP) is 4.53. The van der Waals surface area contributed by atoms with Crippen LogP contribution < -0.4 is 10.1 Å². The first-order valence-corrected chi connectivity index (χ1v) is 8.07. The van der Waals surface area contributed by atoms with Crippen LogP contribution in [0.4, 0.5) is 5.69 Å². The first kappa shape index (κ1) is 16.2. The predicted molar refractivity (Wildman–Crippen MR) is 92.4 cm³/mol. The molecule has 2 aromatic rings. The lowest BCUT2D eigenvalue weighted by molar-refractivity contribution is 0.306. The number of nitrogens with zero attached hydrogens (tertiary/aromatic N) is 2. The Labute approximate surface area is 138 Å². The number of nitrogens with one attached hydrogen (secondary N) is 1. The third-order valence-electron chi connectivity index (χ3n) is 2.77. The Bertz CT molecular complexity index is 698. The SMILES string of the molecule is CS/C(=N\C#N)Nc1ccc(OCc2ccccc2)c(Cl)c1. The van der Waals surface area contributed by atoms with E-state index in [4.69, 9.17) is 21.6 Å². The van der Waals surface area contributed by atoms with Crippen LogP contribution in [0.3, 0.4) is 0 Å². The first-order chi connectivity index (χ1) is 10.7. The van der Waals surface area contributed by atoms with Gasteiger partial charge in [-0.05, 0) is 30.0 Å². The Kier molecular flexibility index (Phi) is 6.13. The summed E-state index contributed by atoms with van der Waals surface area (Å²) in [6.45, 7) is 0.458. The molecule has 2 aromatic carbocycles. The summed E-state index contributed by atoms with van der Waals surface area (Å²) >= 11 is 7.57. The summed E-state index contributed by atoms with van der Waals surface area (Å²) in [6.07, 6.45) is 3.59. The number of halogens is 1. The van der Waals surface area contributed by atoms with Crippen LogP contribution in [0.1, 0.15) is 5.56 Å². The zero-order valence-corrected chi connectivity index (χ0v) is 13.5. The fourth-order valence-corrected chi connectivity index (χ4v) is 2.31. The summed E-state index contributed by atoms with van der Waals surface area (Å²) in [6, 6.07) is 15.2. The maximum Gasteiger partial charge on any atom is 0.208 e. The molecular formula is C16H14ClN3OS. The van der Waals surface area contributed by atoms with E-state index in [1.165, 1.54) is 11.8 Å². The van der Waals surface area contributed by atoms with Gasteiger partial charge >= 0.3 is 0 Å².